The third-order valence-corrected chi connectivity index (χ3v) is 7.49. The molecule has 25 heavy (non-hydrogen) atoms. The van der Waals surface area contributed by atoms with Crippen LogP contribution in [0.2, 0.25) is 0 Å². The van der Waals surface area contributed by atoms with Gasteiger partial charge in [-0.15, -0.1) is 0 Å². The van der Waals surface area contributed by atoms with E-state index in [4.69, 9.17) is 4.74 Å². The van der Waals surface area contributed by atoms with Crippen LogP contribution >= 0.6 is 0 Å². The van der Waals surface area contributed by atoms with Crippen LogP contribution in [0.15, 0.2) is 60.7 Å². The van der Waals surface area contributed by atoms with Crippen molar-refractivity contribution in [1.82, 2.24) is 0 Å². The number of hydrogen-bond acceptors (Lipinski definition) is 3. The zero-order chi connectivity index (χ0) is 17.6. The van der Waals surface area contributed by atoms with Crippen molar-refractivity contribution in [2.75, 3.05) is 12.0 Å². The Morgan fingerprint density at radius 1 is 0.800 bits per heavy atom. The van der Waals surface area contributed by atoms with Crippen molar-refractivity contribution < 1.29 is 8.57 Å². The van der Waals surface area contributed by atoms with Crippen LogP contribution in [0.5, 0.6) is 5.75 Å². The van der Waals surface area contributed by atoms with Crippen LogP contribution in [0, 0.1) is 13.8 Å². The van der Waals surface area contributed by atoms with Gasteiger partial charge in [-0.05, 0) is 0 Å². The monoisotopic (exact) mass is 397 g/mol. The van der Waals surface area contributed by atoms with Gasteiger partial charge < -0.3 is 0 Å². The molecule has 0 N–H and O–H groups in total. The fourth-order valence-corrected chi connectivity index (χ4v) is 6.42. The van der Waals surface area contributed by atoms with Crippen molar-refractivity contribution in [3.05, 3.63) is 71.8 Å². The summed E-state index contributed by atoms with van der Waals surface area (Å²) in [5, 5.41) is 0. The van der Waals surface area contributed by atoms with Crippen LogP contribution in [0.4, 0.5) is 17.1 Å². The number of benzene rings is 3. The van der Waals surface area contributed by atoms with Crippen molar-refractivity contribution in [2.45, 2.75) is 13.8 Å². The minimum atomic E-state index is -2.31. The van der Waals surface area contributed by atoms with E-state index in [1.165, 1.54) is 0 Å². The second kappa shape index (κ2) is 6.14. The summed E-state index contributed by atoms with van der Waals surface area (Å²) >= 11 is -2.31. The normalized spacial score (nSPS) is 13.3. The van der Waals surface area contributed by atoms with Crippen LogP contribution in [-0.4, -0.2) is 20.9 Å². The molecular weight excluding hydrogens is 377 g/mol. The molecule has 0 radical (unpaired) electrons. The van der Waals surface area contributed by atoms with Gasteiger partial charge in [0, 0.05) is 0 Å². The van der Waals surface area contributed by atoms with E-state index >= 15 is 0 Å². The van der Waals surface area contributed by atoms with Crippen molar-refractivity contribution in [3.63, 3.8) is 0 Å². The van der Waals surface area contributed by atoms with Crippen LogP contribution in [0.25, 0.3) is 0 Å². The van der Waals surface area contributed by atoms with E-state index in [1.807, 2.05) is 38.1 Å². The van der Waals surface area contributed by atoms with Crippen LogP contribution in [0.1, 0.15) is 11.1 Å². The van der Waals surface area contributed by atoms with Crippen LogP contribution in [-0.2, 0) is 3.83 Å². The molecule has 1 heterocycles. The maximum absolute atomic E-state index is 13.3. The standard InChI is InChI=1S/C21H19NO2Se/c1-14-8-10-17-20(12-14)25(23)21-13-15(2)9-11-18(21)22(17)16-6-4-5-7-19(16)24-3/h4-13H,1-3H3. The molecule has 3 nitrogen and oxygen atoms in total. The number of anilines is 3. The second-order valence-electron chi connectivity index (χ2n) is 6.22. The molecule has 4 heteroatoms. The summed E-state index contributed by atoms with van der Waals surface area (Å²) in [5.41, 5.74) is 5.16. The first-order chi connectivity index (χ1) is 12.1. The molecule has 0 saturated heterocycles. The average Bonchev–Trinajstić information content (AvgIpc) is 2.63. The number of rotatable bonds is 2. The summed E-state index contributed by atoms with van der Waals surface area (Å²) in [6, 6.07) is 20.3. The molecule has 4 rings (SSSR count). The summed E-state index contributed by atoms with van der Waals surface area (Å²) in [5.74, 6) is 0.796. The average molecular weight is 396 g/mol. The molecule has 1 aliphatic rings. The fraction of sp³-hybridized carbons (Fsp3) is 0.143. The molecule has 0 spiro atoms. The molecule has 0 bridgehead atoms. The number of hydrogen-bond donors (Lipinski definition) is 0. The SMILES string of the molecule is COc1ccccc1N1c2ccc(C)cc2[Se](=O)c2cc(C)ccc21. The van der Waals surface area contributed by atoms with Gasteiger partial charge in [0.15, 0.2) is 0 Å². The number of aryl methyl sites for hydroxylation is 2. The van der Waals surface area contributed by atoms with Gasteiger partial charge in [-0.2, -0.15) is 0 Å². The third-order valence-electron chi connectivity index (χ3n) is 4.44. The number of methoxy groups -OCH3 is 1. The van der Waals surface area contributed by atoms with E-state index in [0.29, 0.717) is 0 Å². The van der Waals surface area contributed by atoms with Gasteiger partial charge in [0.2, 0.25) is 0 Å². The van der Waals surface area contributed by atoms with Gasteiger partial charge in [-0.25, -0.2) is 0 Å². The van der Waals surface area contributed by atoms with E-state index in [-0.39, 0.29) is 0 Å². The van der Waals surface area contributed by atoms with Crippen LogP contribution < -0.4 is 18.6 Å². The Morgan fingerprint density at radius 3 is 1.92 bits per heavy atom. The second-order valence-corrected chi connectivity index (χ2v) is 9.19. The summed E-state index contributed by atoms with van der Waals surface area (Å²) in [6.07, 6.45) is 0. The Kier molecular flexibility index (Phi) is 3.95. The van der Waals surface area contributed by atoms with E-state index in [9.17, 15) is 3.83 Å². The summed E-state index contributed by atoms with van der Waals surface area (Å²) in [7, 11) is 1.68. The molecule has 0 aliphatic carbocycles. The molecule has 1 aliphatic heterocycles. The first-order valence-electron chi connectivity index (χ1n) is 8.16. The van der Waals surface area contributed by atoms with Gasteiger partial charge in [0.1, 0.15) is 0 Å². The predicted octanol–water partition coefficient (Wildman–Crippen LogP) is 3.63. The van der Waals surface area contributed by atoms with E-state index < -0.39 is 13.8 Å². The van der Waals surface area contributed by atoms with Gasteiger partial charge in [0.25, 0.3) is 0 Å². The molecular formula is C21H19NO2Se. The van der Waals surface area contributed by atoms with Gasteiger partial charge in [0.05, 0.1) is 0 Å². The van der Waals surface area contributed by atoms with E-state index in [1.54, 1.807) is 7.11 Å². The van der Waals surface area contributed by atoms with Crippen LogP contribution in [0.3, 0.4) is 0 Å². The molecule has 0 unspecified atom stereocenters. The summed E-state index contributed by atoms with van der Waals surface area (Å²) in [6.45, 7) is 4.08. The van der Waals surface area contributed by atoms with Crippen molar-refractivity contribution in [2.24, 2.45) is 0 Å². The Hall–Kier alpha value is -2.42. The summed E-state index contributed by atoms with van der Waals surface area (Å²) < 4.78 is 20.8. The van der Waals surface area contributed by atoms with Gasteiger partial charge in [-0.3, -0.25) is 0 Å². The van der Waals surface area contributed by atoms with E-state index in [0.717, 1.165) is 42.9 Å². The van der Waals surface area contributed by atoms with E-state index in [2.05, 4.69) is 41.3 Å². The fourth-order valence-electron chi connectivity index (χ4n) is 3.23. The van der Waals surface area contributed by atoms with Crippen molar-refractivity contribution >= 4 is 39.8 Å². The zero-order valence-electron chi connectivity index (χ0n) is 14.4. The molecule has 0 atom stereocenters. The van der Waals surface area contributed by atoms with Crippen molar-refractivity contribution in [1.29, 1.82) is 0 Å². The quantitative estimate of drug-likeness (QED) is 0.485. The first-order valence-corrected chi connectivity index (χ1v) is 10.6. The minimum absolute atomic E-state index is 0.796. The van der Waals surface area contributed by atoms with Crippen molar-refractivity contribution in [3.8, 4) is 5.75 Å². The van der Waals surface area contributed by atoms with Gasteiger partial charge >= 0.3 is 152 Å². The topological polar surface area (TPSA) is 29.5 Å². The molecule has 0 saturated carbocycles. The number of ether oxygens (including phenoxy) is 1. The molecule has 3 aromatic carbocycles. The molecule has 3 aromatic rings. The number of fused-ring (bicyclic) bond motifs is 2. The number of nitrogens with zero attached hydrogens (tertiary/aromatic N) is 1. The third kappa shape index (κ3) is 2.58. The van der Waals surface area contributed by atoms with Gasteiger partial charge in [-0.1, -0.05) is 0 Å². The molecule has 0 amide bonds. The Balaban J connectivity index is 2.05. The Morgan fingerprint density at radius 2 is 1.36 bits per heavy atom. The first kappa shape index (κ1) is 16.1. The Labute approximate surface area is 152 Å². The molecule has 126 valence electrons. The Bertz CT molecular complexity index is 941. The maximum atomic E-state index is 13.3. The number of para-hydroxylation sites is 2. The summed E-state index contributed by atoms with van der Waals surface area (Å²) in [4.78, 5) is 2.17. The zero-order valence-corrected chi connectivity index (χ0v) is 16.2. The molecule has 0 aromatic heterocycles. The molecule has 0 fully saturated rings. The predicted molar refractivity (Wildman–Crippen MR) is 103 cm³/mol.